The summed E-state index contributed by atoms with van der Waals surface area (Å²) < 4.78 is 35.6. The fraction of sp³-hybridized carbons (Fsp3) is 0.417. The summed E-state index contributed by atoms with van der Waals surface area (Å²) in [5.74, 6) is -0.556. The van der Waals surface area contributed by atoms with Crippen molar-refractivity contribution in [1.29, 1.82) is 0 Å². The summed E-state index contributed by atoms with van der Waals surface area (Å²) in [6, 6.07) is 2.85. The Hall–Kier alpha value is -1.80. The predicted molar refractivity (Wildman–Crippen MR) is 71.7 cm³/mol. The number of nitrogens with zero attached hydrogens (tertiary/aromatic N) is 1. The molecule has 0 atom stereocenters. The van der Waals surface area contributed by atoms with Crippen LogP contribution in [0.2, 0.25) is 0 Å². The van der Waals surface area contributed by atoms with E-state index in [4.69, 9.17) is 14.6 Å². The number of carboxylic acid groups (broad SMARTS) is 1. The van der Waals surface area contributed by atoms with E-state index in [0.717, 1.165) is 4.31 Å². The molecule has 20 heavy (non-hydrogen) atoms. The molecule has 0 saturated heterocycles. The number of carbonyl (C=O) groups is 1. The molecule has 0 radical (unpaired) electrons. The average molecular weight is 303 g/mol. The number of ether oxygens (including phenoxy) is 2. The normalized spacial score (nSPS) is 11.4. The number of benzene rings is 1. The van der Waals surface area contributed by atoms with E-state index in [1.807, 2.05) is 0 Å². The zero-order chi connectivity index (χ0) is 15.5. The van der Waals surface area contributed by atoms with Gasteiger partial charge in [0.25, 0.3) is 0 Å². The van der Waals surface area contributed by atoms with E-state index in [1.54, 1.807) is 6.92 Å². The van der Waals surface area contributed by atoms with Crippen molar-refractivity contribution in [3.63, 3.8) is 0 Å². The zero-order valence-corrected chi connectivity index (χ0v) is 12.5. The lowest BCUT2D eigenvalue weighted by atomic mass is 10.2. The molecular weight excluding hydrogens is 286 g/mol. The minimum Gasteiger partial charge on any atom is -0.493 e. The van der Waals surface area contributed by atoms with Gasteiger partial charge in [-0.25, -0.2) is 8.42 Å². The molecule has 7 nitrogen and oxygen atoms in total. The summed E-state index contributed by atoms with van der Waals surface area (Å²) in [4.78, 5) is 10.6. The molecule has 1 aromatic carbocycles. The fourth-order valence-electron chi connectivity index (χ4n) is 1.68. The molecule has 0 saturated carbocycles. The van der Waals surface area contributed by atoms with Crippen LogP contribution in [-0.2, 0) is 14.8 Å². The molecule has 0 amide bonds. The van der Waals surface area contributed by atoms with Crippen LogP contribution in [0.15, 0.2) is 17.0 Å². The van der Waals surface area contributed by atoms with Gasteiger partial charge >= 0.3 is 5.97 Å². The Morgan fingerprint density at radius 1 is 1.25 bits per heavy atom. The SMILES string of the molecule is COc1cc(C)c(S(=O)(=O)N(C)CC(=O)O)cc1OC. The Bertz CT molecular complexity index is 611. The first kappa shape index (κ1) is 16.3. The highest BCUT2D eigenvalue weighted by atomic mass is 32.2. The Morgan fingerprint density at radius 3 is 2.20 bits per heavy atom. The van der Waals surface area contributed by atoms with Crippen molar-refractivity contribution in [2.24, 2.45) is 0 Å². The van der Waals surface area contributed by atoms with Crippen LogP contribution < -0.4 is 9.47 Å². The first-order valence-electron chi connectivity index (χ1n) is 5.64. The number of aliphatic carboxylic acids is 1. The number of methoxy groups -OCH3 is 2. The first-order chi connectivity index (χ1) is 9.23. The molecule has 112 valence electrons. The molecule has 1 rings (SSSR count). The summed E-state index contributed by atoms with van der Waals surface area (Å²) in [6.45, 7) is 0.986. The van der Waals surface area contributed by atoms with Gasteiger partial charge in [-0.3, -0.25) is 4.79 Å². The van der Waals surface area contributed by atoms with Crippen LogP contribution in [0.5, 0.6) is 11.5 Å². The molecule has 8 heteroatoms. The van der Waals surface area contributed by atoms with E-state index >= 15 is 0 Å². The third kappa shape index (κ3) is 3.20. The van der Waals surface area contributed by atoms with Crippen molar-refractivity contribution < 1.29 is 27.8 Å². The van der Waals surface area contributed by atoms with E-state index in [1.165, 1.54) is 33.4 Å². The molecule has 0 aromatic heterocycles. The van der Waals surface area contributed by atoms with E-state index in [2.05, 4.69) is 0 Å². The Morgan fingerprint density at radius 2 is 1.75 bits per heavy atom. The highest BCUT2D eigenvalue weighted by Gasteiger charge is 2.26. The maximum atomic E-state index is 12.3. The van der Waals surface area contributed by atoms with Crippen molar-refractivity contribution in [2.45, 2.75) is 11.8 Å². The molecular formula is C12H17NO6S. The summed E-state index contributed by atoms with van der Waals surface area (Å²) in [6.07, 6.45) is 0. The second kappa shape index (κ2) is 6.10. The predicted octanol–water partition coefficient (Wildman–Crippen LogP) is 0.717. The van der Waals surface area contributed by atoms with Gasteiger partial charge in [0.1, 0.15) is 6.54 Å². The number of hydrogen-bond acceptors (Lipinski definition) is 5. The number of carboxylic acids is 1. The molecule has 1 aromatic rings. The van der Waals surface area contributed by atoms with E-state index < -0.39 is 22.5 Å². The number of sulfonamides is 1. The summed E-state index contributed by atoms with van der Waals surface area (Å²) in [5.41, 5.74) is 0.444. The fourth-order valence-corrected chi connectivity index (χ4v) is 3.02. The van der Waals surface area contributed by atoms with Gasteiger partial charge in [-0.2, -0.15) is 4.31 Å². The lowest BCUT2D eigenvalue weighted by Gasteiger charge is -2.18. The summed E-state index contributed by atoms with van der Waals surface area (Å²) >= 11 is 0. The zero-order valence-electron chi connectivity index (χ0n) is 11.7. The summed E-state index contributed by atoms with van der Waals surface area (Å²) in [7, 11) is 0.142. The quantitative estimate of drug-likeness (QED) is 0.832. The van der Waals surface area contributed by atoms with Gasteiger partial charge in [0.05, 0.1) is 19.1 Å². The first-order valence-corrected chi connectivity index (χ1v) is 7.08. The van der Waals surface area contributed by atoms with Crippen LogP contribution >= 0.6 is 0 Å². The molecule has 0 heterocycles. The van der Waals surface area contributed by atoms with Crippen molar-refractivity contribution >= 4 is 16.0 Å². The Labute approximate surface area is 117 Å². The maximum absolute atomic E-state index is 12.3. The summed E-state index contributed by atoms with van der Waals surface area (Å²) in [5, 5.41) is 8.70. The molecule has 0 aliphatic rings. The van der Waals surface area contributed by atoms with Crippen LogP contribution in [0.25, 0.3) is 0 Å². The van der Waals surface area contributed by atoms with Crippen molar-refractivity contribution in [3.8, 4) is 11.5 Å². The highest BCUT2D eigenvalue weighted by molar-refractivity contribution is 7.89. The van der Waals surface area contributed by atoms with Crippen LogP contribution in [0.3, 0.4) is 0 Å². The number of hydrogen-bond donors (Lipinski definition) is 1. The lowest BCUT2D eigenvalue weighted by molar-refractivity contribution is -0.137. The maximum Gasteiger partial charge on any atom is 0.318 e. The molecule has 0 spiro atoms. The van der Waals surface area contributed by atoms with Crippen LogP contribution in [0, 0.1) is 6.92 Å². The van der Waals surface area contributed by atoms with Crippen LogP contribution in [0.4, 0.5) is 0 Å². The van der Waals surface area contributed by atoms with Gasteiger partial charge in [-0.15, -0.1) is 0 Å². The third-order valence-corrected chi connectivity index (χ3v) is 4.67. The van der Waals surface area contributed by atoms with Crippen LogP contribution in [-0.4, -0.2) is 51.6 Å². The molecule has 0 bridgehead atoms. The highest BCUT2D eigenvalue weighted by Crippen LogP contribution is 2.33. The van der Waals surface area contributed by atoms with Crippen LogP contribution in [0.1, 0.15) is 5.56 Å². The third-order valence-electron chi connectivity index (χ3n) is 2.73. The van der Waals surface area contributed by atoms with Gasteiger partial charge in [0, 0.05) is 13.1 Å². The molecule has 0 fully saturated rings. The molecule has 0 aliphatic heterocycles. The van der Waals surface area contributed by atoms with Gasteiger partial charge in [-0.1, -0.05) is 0 Å². The average Bonchev–Trinajstić information content (AvgIpc) is 2.37. The number of aryl methyl sites for hydroxylation is 1. The minimum atomic E-state index is -3.91. The Balaban J connectivity index is 3.35. The smallest absolute Gasteiger partial charge is 0.318 e. The Kier molecular flexibility index (Phi) is 4.96. The van der Waals surface area contributed by atoms with Crippen molar-refractivity contribution in [3.05, 3.63) is 17.7 Å². The topological polar surface area (TPSA) is 93.1 Å². The number of rotatable bonds is 6. The second-order valence-electron chi connectivity index (χ2n) is 4.13. The second-order valence-corrected chi connectivity index (χ2v) is 6.14. The van der Waals surface area contributed by atoms with Gasteiger partial charge in [0.15, 0.2) is 11.5 Å². The largest absolute Gasteiger partial charge is 0.493 e. The van der Waals surface area contributed by atoms with Crippen molar-refractivity contribution in [2.75, 3.05) is 27.8 Å². The molecule has 0 unspecified atom stereocenters. The van der Waals surface area contributed by atoms with E-state index in [-0.39, 0.29) is 10.6 Å². The molecule has 1 N–H and O–H groups in total. The monoisotopic (exact) mass is 303 g/mol. The molecule has 0 aliphatic carbocycles. The van der Waals surface area contributed by atoms with Gasteiger partial charge in [0.2, 0.25) is 10.0 Å². The van der Waals surface area contributed by atoms with Gasteiger partial charge < -0.3 is 14.6 Å². The van der Waals surface area contributed by atoms with Gasteiger partial charge in [-0.05, 0) is 18.6 Å². The minimum absolute atomic E-state index is 0.0149. The standard InChI is InChI=1S/C12H17NO6S/c1-8-5-9(18-3)10(19-4)6-11(8)20(16,17)13(2)7-12(14)15/h5-6H,7H2,1-4H3,(H,14,15). The number of likely N-dealkylation sites (N-methyl/N-ethyl adjacent to an activating group) is 1. The van der Waals surface area contributed by atoms with Crippen molar-refractivity contribution in [1.82, 2.24) is 4.31 Å². The lowest BCUT2D eigenvalue weighted by Crippen LogP contribution is -2.32. The van der Waals surface area contributed by atoms with E-state index in [0.29, 0.717) is 11.3 Å². The van der Waals surface area contributed by atoms with E-state index in [9.17, 15) is 13.2 Å².